The zero-order chi connectivity index (χ0) is 10.9. The average molecular weight is 192 g/mol. The van der Waals surface area contributed by atoms with Crippen molar-refractivity contribution in [3.8, 4) is 0 Å². The molecular formula is C12H16O2. The molecule has 14 heavy (non-hydrogen) atoms. The molecule has 0 amide bonds. The summed E-state index contributed by atoms with van der Waals surface area (Å²) in [6.45, 7) is 7.92. The fourth-order valence-corrected chi connectivity index (χ4v) is 1.63. The molecule has 0 aromatic heterocycles. The topological polar surface area (TPSA) is 26.3 Å². The van der Waals surface area contributed by atoms with Crippen LogP contribution in [0.2, 0.25) is 0 Å². The highest BCUT2D eigenvalue weighted by molar-refractivity contribution is 5.93. The lowest BCUT2D eigenvalue weighted by molar-refractivity contribution is 0.0599. The summed E-state index contributed by atoms with van der Waals surface area (Å²) in [6.07, 6.45) is 0. The van der Waals surface area contributed by atoms with Gasteiger partial charge in [-0.15, -0.1) is 0 Å². The van der Waals surface area contributed by atoms with Crippen LogP contribution >= 0.6 is 0 Å². The fraction of sp³-hybridized carbons (Fsp3) is 0.417. The van der Waals surface area contributed by atoms with Crippen LogP contribution in [0.1, 0.15) is 32.6 Å². The Labute approximate surface area is 84.9 Å². The number of rotatable bonds is 1. The molecule has 1 aromatic carbocycles. The van der Waals surface area contributed by atoms with Crippen molar-refractivity contribution >= 4 is 5.97 Å². The van der Waals surface area contributed by atoms with Crippen LogP contribution in [0.15, 0.2) is 6.07 Å². The molecule has 0 bridgehead atoms. The highest BCUT2D eigenvalue weighted by Gasteiger charge is 2.15. The quantitative estimate of drug-likeness (QED) is 0.639. The SMILES string of the molecule is COC(=O)c1c(C)c(C)cc(C)c1C. The van der Waals surface area contributed by atoms with E-state index in [4.69, 9.17) is 4.74 Å². The van der Waals surface area contributed by atoms with Crippen molar-refractivity contribution in [2.45, 2.75) is 27.7 Å². The van der Waals surface area contributed by atoms with Crippen LogP contribution in [-0.4, -0.2) is 13.1 Å². The molecular weight excluding hydrogens is 176 g/mol. The summed E-state index contributed by atoms with van der Waals surface area (Å²) in [4.78, 5) is 11.5. The van der Waals surface area contributed by atoms with Crippen LogP contribution in [0.5, 0.6) is 0 Å². The Morgan fingerprint density at radius 1 is 1.07 bits per heavy atom. The minimum Gasteiger partial charge on any atom is -0.465 e. The maximum absolute atomic E-state index is 11.5. The summed E-state index contributed by atoms with van der Waals surface area (Å²) in [6, 6.07) is 2.09. The second-order valence-corrected chi connectivity index (χ2v) is 3.63. The van der Waals surface area contributed by atoms with Gasteiger partial charge in [0.2, 0.25) is 0 Å². The smallest absolute Gasteiger partial charge is 0.338 e. The molecule has 1 rings (SSSR count). The van der Waals surface area contributed by atoms with Crippen LogP contribution in [0.4, 0.5) is 0 Å². The summed E-state index contributed by atoms with van der Waals surface area (Å²) < 4.78 is 4.77. The summed E-state index contributed by atoms with van der Waals surface area (Å²) in [5, 5.41) is 0. The molecule has 2 nitrogen and oxygen atoms in total. The van der Waals surface area contributed by atoms with E-state index in [-0.39, 0.29) is 5.97 Å². The lowest BCUT2D eigenvalue weighted by atomic mass is 9.94. The second kappa shape index (κ2) is 3.82. The van der Waals surface area contributed by atoms with Crippen molar-refractivity contribution in [1.29, 1.82) is 0 Å². The molecule has 2 heteroatoms. The molecule has 76 valence electrons. The van der Waals surface area contributed by atoms with Crippen molar-refractivity contribution in [3.63, 3.8) is 0 Å². The van der Waals surface area contributed by atoms with Gasteiger partial charge in [-0.3, -0.25) is 0 Å². The van der Waals surface area contributed by atoms with Gasteiger partial charge in [0.1, 0.15) is 0 Å². The summed E-state index contributed by atoms with van der Waals surface area (Å²) >= 11 is 0. The minimum absolute atomic E-state index is 0.244. The molecule has 0 aliphatic carbocycles. The van der Waals surface area contributed by atoms with Gasteiger partial charge in [-0.2, -0.15) is 0 Å². The highest BCUT2D eigenvalue weighted by atomic mass is 16.5. The number of carbonyl (C=O) groups is 1. The van der Waals surface area contributed by atoms with Gasteiger partial charge in [0.05, 0.1) is 12.7 Å². The molecule has 1 aromatic rings. The molecule has 0 saturated carbocycles. The maximum atomic E-state index is 11.5. The lowest BCUT2D eigenvalue weighted by Crippen LogP contribution is -2.08. The Balaban J connectivity index is 3.47. The van der Waals surface area contributed by atoms with Gasteiger partial charge in [0.25, 0.3) is 0 Å². The summed E-state index contributed by atoms with van der Waals surface area (Å²) in [5.74, 6) is -0.244. The maximum Gasteiger partial charge on any atom is 0.338 e. The second-order valence-electron chi connectivity index (χ2n) is 3.63. The molecule has 0 atom stereocenters. The molecule has 0 N–H and O–H groups in total. The van der Waals surface area contributed by atoms with Crippen molar-refractivity contribution in [1.82, 2.24) is 0 Å². The van der Waals surface area contributed by atoms with Crippen LogP contribution < -0.4 is 0 Å². The minimum atomic E-state index is -0.244. The predicted octanol–water partition coefficient (Wildman–Crippen LogP) is 2.71. The number of esters is 1. The van der Waals surface area contributed by atoms with Crippen LogP contribution in [0.25, 0.3) is 0 Å². The number of methoxy groups -OCH3 is 1. The van der Waals surface area contributed by atoms with E-state index in [0.717, 1.165) is 22.3 Å². The van der Waals surface area contributed by atoms with Crippen molar-refractivity contribution < 1.29 is 9.53 Å². The van der Waals surface area contributed by atoms with E-state index in [2.05, 4.69) is 6.07 Å². The monoisotopic (exact) mass is 192 g/mol. The first-order valence-electron chi connectivity index (χ1n) is 4.64. The number of ether oxygens (including phenoxy) is 1. The van der Waals surface area contributed by atoms with E-state index in [0.29, 0.717) is 5.56 Å². The average Bonchev–Trinajstić information content (AvgIpc) is 2.15. The summed E-state index contributed by atoms with van der Waals surface area (Å²) in [5.41, 5.74) is 5.01. The van der Waals surface area contributed by atoms with Crippen LogP contribution in [-0.2, 0) is 4.74 Å². The van der Waals surface area contributed by atoms with E-state index in [1.807, 2.05) is 27.7 Å². The first-order chi connectivity index (χ1) is 6.49. The number of benzene rings is 1. The van der Waals surface area contributed by atoms with E-state index in [1.54, 1.807) is 0 Å². The standard InChI is InChI=1S/C12H16O2/c1-7-6-8(2)10(4)11(9(7)3)12(13)14-5/h6H,1-5H3. The number of carbonyl (C=O) groups excluding carboxylic acids is 1. The van der Waals surface area contributed by atoms with Gasteiger partial charge < -0.3 is 4.74 Å². The van der Waals surface area contributed by atoms with Gasteiger partial charge in [0.15, 0.2) is 0 Å². The van der Waals surface area contributed by atoms with E-state index in [1.165, 1.54) is 7.11 Å². The fourth-order valence-electron chi connectivity index (χ4n) is 1.63. The van der Waals surface area contributed by atoms with Crippen molar-refractivity contribution in [3.05, 3.63) is 33.9 Å². The van der Waals surface area contributed by atoms with Gasteiger partial charge in [-0.05, 0) is 49.9 Å². The van der Waals surface area contributed by atoms with Gasteiger partial charge in [0, 0.05) is 0 Å². The molecule has 0 spiro atoms. The Morgan fingerprint density at radius 2 is 1.50 bits per heavy atom. The largest absolute Gasteiger partial charge is 0.465 e. The number of hydrogen-bond acceptors (Lipinski definition) is 2. The third kappa shape index (κ3) is 1.65. The highest BCUT2D eigenvalue weighted by Crippen LogP contribution is 2.21. The van der Waals surface area contributed by atoms with E-state index >= 15 is 0 Å². The summed E-state index contributed by atoms with van der Waals surface area (Å²) in [7, 11) is 1.42. The van der Waals surface area contributed by atoms with Gasteiger partial charge in [-0.1, -0.05) is 6.07 Å². The Kier molecular flexibility index (Phi) is 2.94. The number of aryl methyl sites for hydroxylation is 2. The molecule has 0 unspecified atom stereocenters. The Hall–Kier alpha value is -1.31. The Bertz CT molecular complexity index is 352. The third-order valence-electron chi connectivity index (χ3n) is 2.76. The third-order valence-corrected chi connectivity index (χ3v) is 2.76. The van der Waals surface area contributed by atoms with E-state index < -0.39 is 0 Å². The normalized spacial score (nSPS) is 10.1. The molecule has 0 aliphatic rings. The van der Waals surface area contributed by atoms with Gasteiger partial charge >= 0.3 is 5.97 Å². The van der Waals surface area contributed by atoms with Crippen LogP contribution in [0.3, 0.4) is 0 Å². The molecule has 0 heterocycles. The molecule has 0 aliphatic heterocycles. The molecule has 0 fully saturated rings. The van der Waals surface area contributed by atoms with E-state index in [9.17, 15) is 4.79 Å². The zero-order valence-corrected chi connectivity index (χ0v) is 9.39. The lowest BCUT2D eigenvalue weighted by Gasteiger charge is -2.12. The first kappa shape index (κ1) is 10.8. The van der Waals surface area contributed by atoms with Crippen LogP contribution in [0, 0.1) is 27.7 Å². The van der Waals surface area contributed by atoms with Gasteiger partial charge in [-0.25, -0.2) is 4.79 Å². The molecule has 0 saturated heterocycles. The van der Waals surface area contributed by atoms with Crippen molar-refractivity contribution in [2.75, 3.05) is 7.11 Å². The molecule has 0 radical (unpaired) electrons. The number of hydrogen-bond donors (Lipinski definition) is 0. The van der Waals surface area contributed by atoms with Crippen molar-refractivity contribution in [2.24, 2.45) is 0 Å². The Morgan fingerprint density at radius 3 is 1.86 bits per heavy atom. The first-order valence-corrected chi connectivity index (χ1v) is 4.64. The zero-order valence-electron chi connectivity index (χ0n) is 9.39. The predicted molar refractivity (Wildman–Crippen MR) is 56.7 cm³/mol.